The Hall–Kier alpha value is -4.58. The van der Waals surface area contributed by atoms with E-state index in [-0.39, 0.29) is 105 Å². The highest BCUT2D eigenvalue weighted by molar-refractivity contribution is 8.00. The molecule has 2 fully saturated rings. The van der Waals surface area contributed by atoms with Gasteiger partial charge in [0.15, 0.2) is 0 Å². The second-order valence-electron chi connectivity index (χ2n) is 30.9. The van der Waals surface area contributed by atoms with Crippen LogP contribution in [0.4, 0.5) is 5.82 Å². The number of hydrogen-bond donors (Lipinski definition) is 5. The lowest BCUT2D eigenvalue weighted by atomic mass is 9.59. The van der Waals surface area contributed by atoms with E-state index in [1.165, 1.54) is 11.8 Å². The molecule has 0 bridgehead atoms. The number of aliphatic carboxylic acids is 2. The van der Waals surface area contributed by atoms with Crippen molar-refractivity contribution in [2.45, 2.75) is 258 Å². The number of nitrogens with one attached hydrogen (secondary N) is 3. The topological polar surface area (TPSA) is 240 Å². The third-order valence-electron chi connectivity index (χ3n) is 19.1. The molecule has 2 aliphatic carbocycles. The molecule has 8 unspecified atom stereocenters. The van der Waals surface area contributed by atoms with Crippen molar-refractivity contribution in [1.82, 2.24) is 10.3 Å². The van der Waals surface area contributed by atoms with Gasteiger partial charge in [-0.05, 0) is 159 Å². The van der Waals surface area contributed by atoms with Gasteiger partial charge >= 0.3 is 29.8 Å². The molecule has 2 heterocycles. The van der Waals surface area contributed by atoms with E-state index < -0.39 is 64.3 Å². The van der Waals surface area contributed by atoms with Crippen LogP contribution < -0.4 is 10.6 Å². The number of allylic oxidation sites excluding steroid dienone is 1. The summed E-state index contributed by atoms with van der Waals surface area (Å²) in [5.41, 5.74) is 0.933. The maximum absolute atomic E-state index is 15.7. The van der Waals surface area contributed by atoms with E-state index in [0.717, 1.165) is 37.4 Å². The summed E-state index contributed by atoms with van der Waals surface area (Å²) in [5, 5.41) is 23.3. The lowest BCUT2D eigenvalue weighted by Crippen LogP contribution is -2.50. The van der Waals surface area contributed by atoms with Crippen LogP contribution in [-0.2, 0) is 43.0 Å². The summed E-state index contributed by atoms with van der Waals surface area (Å²) < 4.78 is 19.5. The molecule has 1 aliphatic heterocycles. The number of anilines is 1. The summed E-state index contributed by atoms with van der Waals surface area (Å²) in [7, 11) is 0. The maximum Gasteiger partial charge on any atom is 0.342 e. The molecule has 1 aromatic rings. The highest BCUT2D eigenvalue weighted by Gasteiger charge is 2.51. The number of rotatable bonds is 27. The van der Waals surface area contributed by atoms with E-state index in [1.807, 2.05) is 54.5 Å². The van der Waals surface area contributed by atoms with Crippen LogP contribution in [0.3, 0.4) is 0 Å². The Morgan fingerprint density at radius 1 is 0.670 bits per heavy atom. The maximum atomic E-state index is 15.7. The number of aromatic amines is 1. The first-order valence-corrected chi connectivity index (χ1v) is 34.9. The summed E-state index contributed by atoms with van der Waals surface area (Å²) in [6.45, 7) is 46.7. The summed E-state index contributed by atoms with van der Waals surface area (Å²) in [4.78, 5) is 105. The smallest absolute Gasteiger partial charge is 0.342 e. The Balaban J connectivity index is 1.98. The van der Waals surface area contributed by atoms with Crippen molar-refractivity contribution in [2.24, 2.45) is 73.5 Å². The molecule has 1 aromatic heterocycles. The molecule has 0 aromatic carbocycles. The molecule has 2 amide bonds. The first-order valence-electron chi connectivity index (χ1n) is 32.8. The number of carbonyl (C=O) groups excluding carboxylic acids is 5. The van der Waals surface area contributed by atoms with Crippen molar-refractivity contribution >= 4 is 82.9 Å². The van der Waals surface area contributed by atoms with E-state index >= 15 is 9.59 Å². The van der Waals surface area contributed by atoms with Gasteiger partial charge in [-0.3, -0.25) is 24.0 Å². The minimum atomic E-state index is -1.21. The minimum Gasteiger partial charge on any atom is -0.481 e. The molecule has 8 atom stereocenters. The SMILES string of the molecule is CCC(C)C1=C(C(=O)OC2C(C(C)(C)C)CC(C)CC2C(C)(C)C)C(NC(=O)C(C)SCCCOC(=O)C(C)(C)CC)=NC1=Cc1[nH]c(NC(=O)CCCCSC(CC(=O)O)C(=O)O)c(C(=O)OC2C(C(C)(C)C)CC(C)CC2C(C)(C)C)c1C(C)CC. The number of carbonyl (C=O) groups is 7. The zero-order valence-electron chi connectivity index (χ0n) is 57.9. The van der Waals surface area contributed by atoms with Crippen molar-refractivity contribution in [2.75, 3.05) is 23.4 Å². The molecule has 3 aliphatic rings. The lowest BCUT2D eigenvalue weighted by Gasteiger charge is -2.50. The fourth-order valence-electron chi connectivity index (χ4n) is 12.8. The molecule has 4 rings (SSSR count). The number of thioether (sulfide) groups is 2. The predicted octanol–water partition coefficient (Wildman–Crippen LogP) is 15.9. The summed E-state index contributed by atoms with van der Waals surface area (Å²) in [5.74, 6) is -3.22. The van der Waals surface area contributed by atoms with Gasteiger partial charge in [0.1, 0.15) is 40.2 Å². The van der Waals surface area contributed by atoms with Gasteiger partial charge in [-0.2, -0.15) is 0 Å². The van der Waals surface area contributed by atoms with Crippen LogP contribution in [0.1, 0.15) is 257 Å². The number of carboxylic acids is 2. The molecule has 2 saturated carbocycles. The molecule has 16 nitrogen and oxygen atoms in total. The molecule has 0 saturated heterocycles. The number of aromatic nitrogens is 1. The zero-order valence-corrected chi connectivity index (χ0v) is 59.5. The number of unbranched alkanes of at least 4 members (excludes halogenated alkanes) is 1. The molecule has 5 N–H and O–H groups in total. The highest BCUT2D eigenvalue weighted by atomic mass is 32.2. The molecular weight excluding hydrogens is 1150 g/mol. The molecule has 498 valence electrons. The summed E-state index contributed by atoms with van der Waals surface area (Å²) in [6, 6.07) is 0. The van der Waals surface area contributed by atoms with Gasteiger partial charge in [0.05, 0.1) is 29.4 Å². The van der Waals surface area contributed by atoms with Crippen LogP contribution in [-0.4, -0.2) is 104 Å². The van der Waals surface area contributed by atoms with Crippen molar-refractivity contribution in [3.8, 4) is 0 Å². The van der Waals surface area contributed by atoms with Gasteiger partial charge in [0.2, 0.25) is 11.8 Å². The minimum absolute atomic E-state index is 0.0189. The Morgan fingerprint density at radius 3 is 1.61 bits per heavy atom. The van der Waals surface area contributed by atoms with Gasteiger partial charge in [-0.1, -0.05) is 132 Å². The average Bonchev–Trinajstić information content (AvgIpc) is 1.42. The Kier molecular flexibility index (Phi) is 27.3. The number of nitrogens with zero attached hydrogens (tertiary/aromatic N) is 1. The van der Waals surface area contributed by atoms with Crippen molar-refractivity contribution < 1.29 is 58.0 Å². The Bertz CT molecular complexity index is 2670. The number of ether oxygens (including phenoxy) is 3. The van der Waals surface area contributed by atoms with Crippen LogP contribution in [0.15, 0.2) is 21.8 Å². The fourth-order valence-corrected chi connectivity index (χ4v) is 14.7. The first kappa shape index (κ1) is 75.9. The quantitative estimate of drug-likeness (QED) is 0.0313. The van der Waals surface area contributed by atoms with Crippen LogP contribution in [0.25, 0.3) is 6.08 Å². The Labute approximate surface area is 537 Å². The van der Waals surface area contributed by atoms with Gasteiger partial charge in [-0.25, -0.2) is 14.6 Å². The van der Waals surface area contributed by atoms with Crippen LogP contribution in [0.2, 0.25) is 0 Å². The number of amides is 2. The highest BCUT2D eigenvalue weighted by Crippen LogP contribution is 2.52. The number of H-pyrrole nitrogens is 1. The largest absolute Gasteiger partial charge is 0.481 e. The zero-order chi connectivity index (χ0) is 66.8. The number of hydrogen-bond acceptors (Lipinski definition) is 13. The molecule has 0 spiro atoms. The normalized spacial score (nSPS) is 24.0. The van der Waals surface area contributed by atoms with Crippen molar-refractivity contribution in [1.29, 1.82) is 0 Å². The van der Waals surface area contributed by atoms with Gasteiger partial charge in [0.25, 0.3) is 0 Å². The van der Waals surface area contributed by atoms with Crippen LogP contribution in [0.5, 0.6) is 0 Å². The van der Waals surface area contributed by atoms with Crippen molar-refractivity contribution in [3.05, 3.63) is 33.7 Å². The van der Waals surface area contributed by atoms with Crippen LogP contribution >= 0.6 is 23.5 Å². The average molecular weight is 1270 g/mol. The fraction of sp³-hybridized carbons (Fsp3) is 0.771. The first-order chi connectivity index (χ1) is 40.6. The van der Waals surface area contributed by atoms with E-state index in [1.54, 1.807) is 6.92 Å². The van der Waals surface area contributed by atoms with E-state index in [0.29, 0.717) is 84.4 Å². The second kappa shape index (κ2) is 31.6. The number of amidine groups is 1. The third-order valence-corrected chi connectivity index (χ3v) is 21.6. The molecular formula is C70H114N4O12S2. The van der Waals surface area contributed by atoms with Gasteiger partial charge in [0, 0.05) is 35.8 Å². The monoisotopic (exact) mass is 1270 g/mol. The van der Waals surface area contributed by atoms with Crippen LogP contribution in [0, 0.1) is 68.5 Å². The van der Waals surface area contributed by atoms with E-state index in [9.17, 15) is 34.2 Å². The summed E-state index contributed by atoms with van der Waals surface area (Å²) >= 11 is 2.43. The molecule has 88 heavy (non-hydrogen) atoms. The number of esters is 3. The number of carboxylic acid groups (broad SMARTS) is 2. The molecule has 18 heteroatoms. The molecule has 0 radical (unpaired) electrons. The predicted molar refractivity (Wildman–Crippen MR) is 357 cm³/mol. The third kappa shape index (κ3) is 20.5. The lowest BCUT2D eigenvalue weighted by molar-refractivity contribution is -0.164. The Morgan fingerprint density at radius 2 is 1.16 bits per heavy atom. The van der Waals surface area contributed by atoms with E-state index in [2.05, 4.69) is 113 Å². The standard InChI is InChI=1S/C70H114N4O12S2/c1-23-41(6)53-48(71-59(73-51(75)29-26-27-31-88-50(62(79)80)38-52(76)77)55(53)63(81)85-57-44(66(9,10)11)33-39(4)34-45(57)67(12,13)14)37-49-54(42(7)24-2)56(64(82)86-58-46(68(15,16)17)35-40(5)36-47(58)69(18,19)20)60(72-49)74-61(78)43(8)87-32-28-30-84-65(83)70(21,22)25-3/h37,39-47,50,57-58,71H,23-36,38H2,1-22H3,(H,73,75)(H,76,77)(H,79,80)(H,72,74,78). The number of aliphatic imine (C=N–C) groups is 1. The van der Waals surface area contributed by atoms with Crippen molar-refractivity contribution in [3.63, 3.8) is 0 Å². The van der Waals surface area contributed by atoms with Gasteiger partial charge < -0.3 is 40.0 Å². The van der Waals surface area contributed by atoms with Gasteiger partial charge in [-0.15, -0.1) is 23.5 Å². The van der Waals surface area contributed by atoms with E-state index in [4.69, 9.17) is 19.2 Å². The second-order valence-corrected chi connectivity index (χ2v) is 33.7. The summed E-state index contributed by atoms with van der Waals surface area (Å²) in [6.07, 6.45) is 7.05.